The predicted octanol–water partition coefficient (Wildman–Crippen LogP) is 0.812. The molecule has 0 bridgehead atoms. The van der Waals surface area contributed by atoms with Gasteiger partial charge < -0.3 is 10.5 Å². The summed E-state index contributed by atoms with van der Waals surface area (Å²) in [4.78, 5) is 0.0189. The van der Waals surface area contributed by atoms with Crippen LogP contribution < -0.4 is 15.2 Å². The number of ether oxygens (including phenoxy) is 1. The van der Waals surface area contributed by atoms with Gasteiger partial charge in [0.25, 0.3) is 10.0 Å². The fourth-order valence-electron chi connectivity index (χ4n) is 1.57. The monoisotopic (exact) mass is 282 g/mol. The van der Waals surface area contributed by atoms with Crippen LogP contribution in [-0.2, 0) is 17.1 Å². The van der Waals surface area contributed by atoms with Crippen molar-refractivity contribution in [3.8, 4) is 5.75 Å². The second-order valence-electron chi connectivity index (χ2n) is 3.86. The number of anilines is 2. The molecule has 0 saturated heterocycles. The Balaban J connectivity index is 2.43. The maximum atomic E-state index is 12.3. The molecule has 0 atom stereocenters. The molecule has 3 N–H and O–H groups in total. The lowest BCUT2D eigenvalue weighted by Gasteiger charge is -2.11. The number of aryl methyl sites for hydroxylation is 1. The van der Waals surface area contributed by atoms with Gasteiger partial charge in [0.1, 0.15) is 16.5 Å². The van der Waals surface area contributed by atoms with Crippen LogP contribution in [0.25, 0.3) is 0 Å². The number of nitrogens with zero attached hydrogens (tertiary/aromatic N) is 2. The highest BCUT2D eigenvalue weighted by Crippen LogP contribution is 2.27. The van der Waals surface area contributed by atoms with Gasteiger partial charge in [-0.15, -0.1) is 0 Å². The Kier molecular flexibility index (Phi) is 3.34. The lowest BCUT2D eigenvalue weighted by molar-refractivity contribution is 0.403. The predicted molar refractivity (Wildman–Crippen MR) is 71.4 cm³/mol. The van der Waals surface area contributed by atoms with Crippen LogP contribution in [0.3, 0.4) is 0 Å². The number of benzene rings is 1. The average molecular weight is 282 g/mol. The molecule has 0 aliphatic carbocycles. The number of rotatable bonds is 4. The van der Waals surface area contributed by atoms with E-state index in [9.17, 15) is 8.42 Å². The van der Waals surface area contributed by atoms with Crippen LogP contribution in [0.15, 0.2) is 35.4 Å². The zero-order chi connectivity index (χ0) is 14.0. The fraction of sp³-hybridized carbons (Fsp3) is 0.182. The van der Waals surface area contributed by atoms with E-state index in [-0.39, 0.29) is 10.6 Å². The molecule has 0 aliphatic rings. The molecule has 8 heteroatoms. The van der Waals surface area contributed by atoms with Gasteiger partial charge >= 0.3 is 0 Å². The third kappa shape index (κ3) is 2.63. The molecule has 2 rings (SSSR count). The van der Waals surface area contributed by atoms with Crippen molar-refractivity contribution in [3.05, 3.63) is 30.5 Å². The molecular weight excluding hydrogens is 268 g/mol. The molecule has 0 aliphatic heterocycles. The number of sulfonamides is 1. The largest absolute Gasteiger partial charge is 0.495 e. The first kappa shape index (κ1) is 13.2. The zero-order valence-corrected chi connectivity index (χ0v) is 11.3. The van der Waals surface area contributed by atoms with Crippen molar-refractivity contribution in [2.45, 2.75) is 4.90 Å². The minimum absolute atomic E-state index is 0.0189. The highest BCUT2D eigenvalue weighted by Gasteiger charge is 2.20. The molecule has 0 saturated carbocycles. The second kappa shape index (κ2) is 4.81. The quantitative estimate of drug-likeness (QED) is 0.808. The molecule has 2 aromatic rings. The first-order chi connectivity index (χ1) is 8.94. The van der Waals surface area contributed by atoms with E-state index >= 15 is 0 Å². The minimum atomic E-state index is -3.76. The normalized spacial score (nSPS) is 11.3. The highest BCUT2D eigenvalue weighted by molar-refractivity contribution is 7.92. The Morgan fingerprint density at radius 1 is 1.37 bits per heavy atom. The number of hydrogen-bond donors (Lipinski definition) is 2. The smallest absolute Gasteiger partial charge is 0.266 e. The summed E-state index contributed by atoms with van der Waals surface area (Å²) in [6, 6.07) is 5.91. The Morgan fingerprint density at radius 2 is 2.11 bits per heavy atom. The molecule has 0 amide bonds. The Hall–Kier alpha value is -2.22. The van der Waals surface area contributed by atoms with Crippen LogP contribution in [0.5, 0.6) is 5.75 Å². The SMILES string of the molecule is COc1cc(N)ccc1S(=O)(=O)Nc1ccnn1C. The van der Waals surface area contributed by atoms with Gasteiger partial charge in [-0.2, -0.15) is 5.10 Å². The summed E-state index contributed by atoms with van der Waals surface area (Å²) in [5, 5.41) is 3.89. The first-order valence-electron chi connectivity index (χ1n) is 5.38. The van der Waals surface area contributed by atoms with Crippen LogP contribution in [0.2, 0.25) is 0 Å². The molecule has 19 heavy (non-hydrogen) atoms. The number of hydrogen-bond acceptors (Lipinski definition) is 5. The summed E-state index contributed by atoms with van der Waals surface area (Å²) in [5.74, 6) is 0.550. The molecular formula is C11H14N4O3S. The minimum Gasteiger partial charge on any atom is -0.495 e. The lowest BCUT2D eigenvalue weighted by Crippen LogP contribution is -2.16. The highest BCUT2D eigenvalue weighted by atomic mass is 32.2. The first-order valence-corrected chi connectivity index (χ1v) is 6.86. The van der Waals surface area contributed by atoms with Crippen molar-refractivity contribution in [2.24, 2.45) is 7.05 Å². The Morgan fingerprint density at radius 3 is 2.68 bits per heavy atom. The number of nitrogen functional groups attached to an aromatic ring is 1. The molecule has 0 fully saturated rings. The third-order valence-corrected chi connectivity index (χ3v) is 3.93. The van der Waals surface area contributed by atoms with Gasteiger partial charge in [-0.05, 0) is 12.1 Å². The summed E-state index contributed by atoms with van der Waals surface area (Å²) in [6.45, 7) is 0. The van der Waals surface area contributed by atoms with Crippen molar-refractivity contribution in [1.82, 2.24) is 9.78 Å². The van der Waals surface area contributed by atoms with E-state index in [1.54, 1.807) is 13.1 Å². The van der Waals surface area contributed by atoms with E-state index in [4.69, 9.17) is 10.5 Å². The number of nitrogens with two attached hydrogens (primary N) is 1. The number of methoxy groups -OCH3 is 1. The van der Waals surface area contributed by atoms with Crippen molar-refractivity contribution in [2.75, 3.05) is 17.6 Å². The van der Waals surface area contributed by atoms with Gasteiger partial charge in [0.2, 0.25) is 0 Å². The van der Waals surface area contributed by atoms with Gasteiger partial charge in [-0.3, -0.25) is 9.40 Å². The maximum absolute atomic E-state index is 12.3. The third-order valence-electron chi connectivity index (χ3n) is 2.54. The van der Waals surface area contributed by atoms with Crippen LogP contribution in [-0.4, -0.2) is 25.3 Å². The summed E-state index contributed by atoms with van der Waals surface area (Å²) < 4.78 is 33.4. The molecule has 102 valence electrons. The Labute approximate surface area is 111 Å². The van der Waals surface area contributed by atoms with E-state index < -0.39 is 10.0 Å². The van der Waals surface area contributed by atoms with Gasteiger partial charge in [-0.1, -0.05) is 0 Å². The fourth-order valence-corrected chi connectivity index (χ4v) is 2.81. The van der Waals surface area contributed by atoms with Crippen LogP contribution in [0.1, 0.15) is 0 Å². The van der Waals surface area contributed by atoms with Crippen molar-refractivity contribution in [1.29, 1.82) is 0 Å². The summed E-state index contributed by atoms with van der Waals surface area (Å²) in [7, 11) is -0.733. The summed E-state index contributed by atoms with van der Waals surface area (Å²) >= 11 is 0. The Bertz CT molecular complexity index is 694. The van der Waals surface area contributed by atoms with Gasteiger partial charge in [0.05, 0.1) is 13.3 Å². The molecule has 7 nitrogen and oxygen atoms in total. The van der Waals surface area contributed by atoms with E-state index in [0.717, 1.165) is 0 Å². The van der Waals surface area contributed by atoms with Gasteiger partial charge in [0, 0.05) is 24.9 Å². The lowest BCUT2D eigenvalue weighted by atomic mass is 10.3. The van der Waals surface area contributed by atoms with E-state index in [2.05, 4.69) is 9.82 Å². The molecule has 0 radical (unpaired) electrons. The number of nitrogens with one attached hydrogen (secondary N) is 1. The van der Waals surface area contributed by atoms with Crippen LogP contribution in [0, 0.1) is 0 Å². The molecule has 0 unspecified atom stereocenters. The van der Waals surface area contributed by atoms with E-state index in [0.29, 0.717) is 11.5 Å². The second-order valence-corrected chi connectivity index (χ2v) is 5.51. The molecule has 1 aromatic carbocycles. The zero-order valence-electron chi connectivity index (χ0n) is 10.5. The summed E-state index contributed by atoms with van der Waals surface area (Å²) in [5.41, 5.74) is 6.02. The van der Waals surface area contributed by atoms with E-state index in [1.165, 1.54) is 36.2 Å². The van der Waals surface area contributed by atoms with Crippen LogP contribution >= 0.6 is 0 Å². The molecule has 1 heterocycles. The van der Waals surface area contributed by atoms with Crippen molar-refractivity contribution in [3.63, 3.8) is 0 Å². The van der Waals surface area contributed by atoms with Gasteiger partial charge in [0.15, 0.2) is 0 Å². The molecule has 0 spiro atoms. The average Bonchev–Trinajstić information content (AvgIpc) is 2.74. The molecule has 1 aromatic heterocycles. The maximum Gasteiger partial charge on any atom is 0.266 e. The standard InChI is InChI=1S/C11H14N4O3S/c1-15-11(5-6-13-15)14-19(16,17)10-4-3-8(12)7-9(10)18-2/h3-7,14H,12H2,1-2H3. The van der Waals surface area contributed by atoms with Crippen LogP contribution in [0.4, 0.5) is 11.5 Å². The van der Waals surface area contributed by atoms with Gasteiger partial charge in [-0.25, -0.2) is 8.42 Å². The number of aromatic nitrogens is 2. The van der Waals surface area contributed by atoms with Crippen molar-refractivity contribution < 1.29 is 13.2 Å². The van der Waals surface area contributed by atoms with E-state index in [1.807, 2.05) is 0 Å². The topological polar surface area (TPSA) is 99.2 Å². The summed E-state index contributed by atoms with van der Waals surface area (Å²) in [6.07, 6.45) is 1.50. The van der Waals surface area contributed by atoms with Crippen molar-refractivity contribution >= 4 is 21.5 Å².